The third-order valence-corrected chi connectivity index (χ3v) is 10.1. The largest absolute Gasteiger partial charge is 0.393 e. The van der Waals surface area contributed by atoms with Crippen LogP contribution in [0.25, 0.3) is 0 Å². The summed E-state index contributed by atoms with van der Waals surface area (Å²) in [6.07, 6.45) is 19.1. The normalized spacial score (nSPS) is 36.0. The molecule has 4 aliphatic rings. The maximum Gasteiger partial charge on any atom is 0.0850 e. The molecule has 0 aromatic carbocycles. The second-order valence-electron chi connectivity index (χ2n) is 12.8. The van der Waals surface area contributed by atoms with Crippen LogP contribution in [-0.2, 0) is 4.18 Å². The molecule has 0 spiro atoms. The van der Waals surface area contributed by atoms with Crippen molar-refractivity contribution in [3.8, 4) is 0 Å². The summed E-state index contributed by atoms with van der Waals surface area (Å²) in [6, 6.07) is 0. The molecule has 7 atom stereocenters. The number of thiol groups is 1. The van der Waals surface area contributed by atoms with E-state index in [1.54, 1.807) is 11.8 Å². The first-order valence-electron chi connectivity index (χ1n) is 15.1. The van der Waals surface area contributed by atoms with Gasteiger partial charge in [-0.25, -0.2) is 0 Å². The highest BCUT2D eigenvalue weighted by Gasteiger charge is 2.58. The van der Waals surface area contributed by atoms with Crippen LogP contribution in [-0.4, -0.2) is 36.1 Å². The van der Waals surface area contributed by atoms with Gasteiger partial charge in [-0.3, -0.25) is 0 Å². The molecule has 7 unspecified atom stereocenters. The van der Waals surface area contributed by atoms with Crippen molar-refractivity contribution in [3.05, 3.63) is 24.4 Å². The number of fused-ring (bicyclic) bond motifs is 5. The Morgan fingerprint density at radius 2 is 1.76 bits per heavy atom. The minimum atomic E-state index is -0.505. The Kier molecular flexibility index (Phi) is 15.1. The molecule has 0 aromatic rings. The van der Waals surface area contributed by atoms with E-state index in [1.807, 2.05) is 40.1 Å². The van der Waals surface area contributed by atoms with Crippen molar-refractivity contribution in [2.45, 2.75) is 130 Å². The SMILES string of the molecule is C=C[NH2+]C.CC.CC(C)(O)CCCCC1CCC2C3CC=C4CC(O)CCC4(C)C3CCC12C.COS. The third kappa shape index (κ3) is 9.10. The highest BCUT2D eigenvalue weighted by molar-refractivity contribution is 7.75. The van der Waals surface area contributed by atoms with Gasteiger partial charge >= 0.3 is 0 Å². The summed E-state index contributed by atoms with van der Waals surface area (Å²) >= 11 is 3.29. The van der Waals surface area contributed by atoms with Gasteiger partial charge in [0, 0.05) is 7.11 Å². The smallest absolute Gasteiger partial charge is 0.0850 e. The number of nitrogens with two attached hydrogens (primary N) is 1. The van der Waals surface area contributed by atoms with Gasteiger partial charge in [0.2, 0.25) is 0 Å². The maximum absolute atomic E-state index is 10.2. The fourth-order valence-electron chi connectivity index (χ4n) is 8.17. The van der Waals surface area contributed by atoms with Gasteiger partial charge in [-0.2, -0.15) is 0 Å². The average Bonchev–Trinajstić information content (AvgIpc) is 3.20. The molecule has 0 aromatic heterocycles. The zero-order chi connectivity index (χ0) is 28.3. The molecule has 0 bridgehead atoms. The number of quaternary nitrogens is 1. The van der Waals surface area contributed by atoms with E-state index in [0.717, 1.165) is 42.9 Å². The van der Waals surface area contributed by atoms with Crippen molar-refractivity contribution in [1.29, 1.82) is 0 Å². The van der Waals surface area contributed by atoms with Gasteiger partial charge in [0.25, 0.3) is 0 Å². The third-order valence-electron chi connectivity index (χ3n) is 10.1. The lowest BCUT2D eigenvalue weighted by Gasteiger charge is -2.58. The molecule has 218 valence electrons. The lowest BCUT2D eigenvalue weighted by Crippen LogP contribution is -2.72. The minimum Gasteiger partial charge on any atom is -0.393 e. The van der Waals surface area contributed by atoms with Crippen molar-refractivity contribution in [2.75, 3.05) is 14.2 Å². The predicted molar refractivity (Wildman–Crippen MR) is 161 cm³/mol. The van der Waals surface area contributed by atoms with E-state index < -0.39 is 5.60 Å². The molecule has 5 heteroatoms. The highest BCUT2D eigenvalue weighted by Crippen LogP contribution is 2.66. The molecule has 37 heavy (non-hydrogen) atoms. The van der Waals surface area contributed by atoms with Crippen molar-refractivity contribution < 1.29 is 19.7 Å². The Labute approximate surface area is 235 Å². The van der Waals surface area contributed by atoms with Crippen LogP contribution in [0, 0.1) is 34.5 Å². The topological polar surface area (TPSA) is 66.3 Å². The van der Waals surface area contributed by atoms with Crippen molar-refractivity contribution >= 4 is 12.9 Å². The molecular weight excluding hydrogens is 478 g/mol. The van der Waals surface area contributed by atoms with Crippen LogP contribution in [0.2, 0.25) is 0 Å². The van der Waals surface area contributed by atoms with E-state index in [9.17, 15) is 10.2 Å². The summed E-state index contributed by atoms with van der Waals surface area (Å²) in [4.78, 5) is 0. The molecule has 4 nitrogen and oxygen atoms in total. The standard InChI is InChI=1S/C26H44O2.C3H7N.C2H6.CH4OS/c1-24(2,28)14-6-5-7-18-9-11-22-21-10-8-19-17-20(27)12-15-26(19,4)23(21)13-16-25(18,22)3;1-3-4-2;1-2;1-2-3/h8,18,20-23,27-28H,5-7,9-17H2,1-4H3;3-4H,1H2,2H3;1-2H3;3H,1H3/p+1. The zero-order valence-electron chi connectivity index (χ0n) is 25.6. The Balaban J connectivity index is 0.000000670. The van der Waals surface area contributed by atoms with Crippen LogP contribution in [0.15, 0.2) is 24.4 Å². The molecule has 4 aliphatic carbocycles. The summed E-state index contributed by atoms with van der Waals surface area (Å²) in [5.41, 5.74) is 2.01. The van der Waals surface area contributed by atoms with Crippen LogP contribution >= 0.6 is 12.9 Å². The van der Waals surface area contributed by atoms with Crippen molar-refractivity contribution in [2.24, 2.45) is 34.5 Å². The lowest BCUT2D eigenvalue weighted by atomic mass is 9.47. The number of hydrogen-bond donors (Lipinski definition) is 4. The molecule has 0 amide bonds. The summed E-state index contributed by atoms with van der Waals surface area (Å²) < 4.78 is 3.94. The molecule has 0 radical (unpaired) electrons. The van der Waals surface area contributed by atoms with Gasteiger partial charge in [0.15, 0.2) is 0 Å². The first-order chi connectivity index (χ1) is 17.5. The van der Waals surface area contributed by atoms with Crippen LogP contribution < -0.4 is 5.32 Å². The number of hydrogen-bond acceptors (Lipinski definition) is 4. The van der Waals surface area contributed by atoms with Gasteiger partial charge < -0.3 is 19.7 Å². The van der Waals surface area contributed by atoms with E-state index >= 15 is 0 Å². The Morgan fingerprint density at radius 3 is 2.32 bits per heavy atom. The number of aliphatic hydroxyl groups is 2. The number of aliphatic hydroxyl groups excluding tert-OH is 1. The fourth-order valence-corrected chi connectivity index (χ4v) is 8.17. The Bertz CT molecular complexity index is 690. The molecule has 3 fully saturated rings. The van der Waals surface area contributed by atoms with Crippen molar-refractivity contribution in [3.63, 3.8) is 0 Å². The van der Waals surface area contributed by atoms with Crippen LogP contribution in [0.4, 0.5) is 0 Å². The first-order valence-corrected chi connectivity index (χ1v) is 15.5. The Morgan fingerprint density at radius 1 is 1.14 bits per heavy atom. The van der Waals surface area contributed by atoms with Crippen LogP contribution in [0.3, 0.4) is 0 Å². The van der Waals surface area contributed by atoms with Gasteiger partial charge in [-0.05, 0) is 132 Å². The predicted octanol–water partition coefficient (Wildman–Crippen LogP) is 7.08. The summed E-state index contributed by atoms with van der Waals surface area (Å²) in [5.74, 6) is 3.54. The van der Waals surface area contributed by atoms with E-state index in [2.05, 4.69) is 43.6 Å². The van der Waals surface area contributed by atoms with Crippen LogP contribution in [0.1, 0.15) is 119 Å². The summed E-state index contributed by atoms with van der Waals surface area (Å²) in [7, 11) is 3.43. The van der Waals surface area contributed by atoms with Gasteiger partial charge in [-0.1, -0.05) is 52.2 Å². The molecule has 0 heterocycles. The zero-order valence-corrected chi connectivity index (χ0v) is 26.5. The molecule has 4 rings (SSSR count). The molecule has 4 N–H and O–H groups in total. The number of rotatable bonds is 6. The van der Waals surface area contributed by atoms with Gasteiger partial charge in [-0.15, -0.1) is 0 Å². The fraction of sp³-hybridized carbons (Fsp3) is 0.875. The van der Waals surface area contributed by atoms with Gasteiger partial charge in [0.05, 0.1) is 25.0 Å². The van der Waals surface area contributed by atoms with E-state index in [0.29, 0.717) is 10.8 Å². The van der Waals surface area contributed by atoms with Gasteiger partial charge in [0.1, 0.15) is 0 Å². The van der Waals surface area contributed by atoms with E-state index in [1.165, 1.54) is 64.9 Å². The average molecular weight is 541 g/mol. The van der Waals surface area contributed by atoms with E-state index in [4.69, 9.17) is 0 Å². The molecule has 0 saturated heterocycles. The maximum atomic E-state index is 10.2. The van der Waals surface area contributed by atoms with Crippen LogP contribution in [0.5, 0.6) is 0 Å². The quantitative estimate of drug-likeness (QED) is 0.126. The first kappa shape index (κ1) is 34.7. The van der Waals surface area contributed by atoms with E-state index in [-0.39, 0.29) is 6.10 Å². The molecule has 3 saturated carbocycles. The minimum absolute atomic E-state index is 0.0931. The number of unbranched alkanes of at least 4 members (excludes halogenated alkanes) is 1. The second-order valence-corrected chi connectivity index (χ2v) is 13.1. The highest BCUT2D eigenvalue weighted by atomic mass is 32.1. The lowest BCUT2D eigenvalue weighted by molar-refractivity contribution is -0.555. The second kappa shape index (κ2) is 16.1. The molecular formula is C32H62NO3S+. The molecule has 0 aliphatic heterocycles. The summed E-state index contributed by atoms with van der Waals surface area (Å²) in [5, 5.41) is 22.1. The van der Waals surface area contributed by atoms with Crippen molar-refractivity contribution in [1.82, 2.24) is 0 Å². The number of allylic oxidation sites excluding steroid dienone is 1. The Hall–Kier alpha value is -0.330. The monoisotopic (exact) mass is 540 g/mol. The summed E-state index contributed by atoms with van der Waals surface area (Å²) in [6.45, 7) is 16.5.